The van der Waals surface area contributed by atoms with Crippen molar-refractivity contribution in [1.82, 2.24) is 14.5 Å². The van der Waals surface area contributed by atoms with Crippen molar-refractivity contribution in [3.63, 3.8) is 0 Å². The van der Waals surface area contributed by atoms with Crippen molar-refractivity contribution >= 4 is 32.7 Å². The van der Waals surface area contributed by atoms with Crippen LogP contribution in [0.5, 0.6) is 5.75 Å². The third kappa shape index (κ3) is 7.79. The number of imidazole rings is 1. The number of hydrogen-bond donors (Lipinski definition) is 1. The Kier molecular flexibility index (Phi) is 10.8. The van der Waals surface area contributed by atoms with Crippen molar-refractivity contribution in [2.24, 2.45) is 0 Å². The van der Waals surface area contributed by atoms with Crippen LogP contribution >= 0.6 is 0 Å². The molecule has 8 aromatic carbocycles. The van der Waals surface area contributed by atoms with Crippen molar-refractivity contribution in [3.8, 4) is 67.3 Å². The maximum absolute atomic E-state index is 11.7. The molecule has 0 aliphatic heterocycles. The maximum Gasteiger partial charge on any atom is 0.148 e. The largest absolute Gasteiger partial charge is 0.507 e. The van der Waals surface area contributed by atoms with Crippen LogP contribution in [0.25, 0.3) is 94.3 Å². The summed E-state index contributed by atoms with van der Waals surface area (Å²) in [6.45, 7) is 13.3. The van der Waals surface area contributed by atoms with Crippen molar-refractivity contribution in [2.45, 2.75) is 52.4 Å². The molecule has 0 fully saturated rings. The Morgan fingerprint density at radius 1 is 0.492 bits per heavy atom. The van der Waals surface area contributed by atoms with Crippen LogP contribution in [0.1, 0.15) is 52.7 Å². The predicted octanol–water partition coefficient (Wildman–Crippen LogP) is 15.2. The standard InChI is InChI=1S/C58H48N3O.Pt/c1-57(2,3)44-23-26-46(27-24-44)61-52-35-43(40-22-21-37-14-10-11-17-39(37)32-40)34-50(55(52)60-56(61)51-36-45(58(4,5)6)25-30-53(51)62)42-19-12-18-41(33-42)48-29-28-47(38-15-8-7-9-16-38)49-20-13-31-59-54(48)49;/h7-32,34-36,62H,1-6H3;/q-1;. The van der Waals surface area contributed by atoms with Crippen LogP contribution in [0.2, 0.25) is 0 Å². The summed E-state index contributed by atoms with van der Waals surface area (Å²) in [5, 5.41) is 15.2. The molecule has 63 heavy (non-hydrogen) atoms. The van der Waals surface area contributed by atoms with E-state index < -0.39 is 0 Å². The Morgan fingerprint density at radius 3 is 1.92 bits per heavy atom. The molecule has 5 heteroatoms. The Bertz CT molecular complexity index is 3320. The van der Waals surface area contributed by atoms with Crippen LogP contribution in [-0.2, 0) is 31.9 Å². The van der Waals surface area contributed by atoms with E-state index >= 15 is 0 Å². The summed E-state index contributed by atoms with van der Waals surface area (Å²) in [5.74, 6) is 0.857. The second-order valence-electron chi connectivity index (χ2n) is 18.4. The first-order chi connectivity index (χ1) is 29.9. The van der Waals surface area contributed by atoms with Gasteiger partial charge in [-0.25, -0.2) is 4.98 Å². The molecule has 0 radical (unpaired) electrons. The number of phenolic OH excluding ortho intramolecular Hbond substituents is 1. The molecule has 0 unspecified atom stereocenters. The van der Waals surface area contributed by atoms with E-state index in [-0.39, 0.29) is 37.6 Å². The molecule has 10 aromatic rings. The van der Waals surface area contributed by atoms with Crippen molar-refractivity contribution < 1.29 is 26.2 Å². The van der Waals surface area contributed by atoms with Gasteiger partial charge in [0.05, 0.1) is 16.6 Å². The van der Waals surface area contributed by atoms with Gasteiger partial charge in [0.15, 0.2) is 0 Å². The Labute approximate surface area is 384 Å². The molecule has 0 atom stereocenters. The Hall–Kier alpha value is -6.61. The molecular weight excluding hydrogens is 950 g/mol. The number of phenols is 1. The molecule has 312 valence electrons. The van der Waals surface area contributed by atoms with Gasteiger partial charge in [-0.3, -0.25) is 9.55 Å². The molecule has 0 aliphatic carbocycles. The van der Waals surface area contributed by atoms with Crippen LogP contribution in [0, 0.1) is 6.07 Å². The molecule has 0 saturated heterocycles. The van der Waals surface area contributed by atoms with Gasteiger partial charge in [0.2, 0.25) is 0 Å². The van der Waals surface area contributed by atoms with Crippen LogP contribution in [-0.4, -0.2) is 19.6 Å². The molecule has 0 saturated carbocycles. The smallest absolute Gasteiger partial charge is 0.148 e. The first-order valence-corrected chi connectivity index (χ1v) is 21.4. The van der Waals surface area contributed by atoms with Crippen molar-refractivity contribution in [2.75, 3.05) is 0 Å². The van der Waals surface area contributed by atoms with Gasteiger partial charge in [-0.1, -0.05) is 162 Å². The fourth-order valence-corrected chi connectivity index (χ4v) is 8.69. The number of fused-ring (bicyclic) bond motifs is 3. The third-order valence-corrected chi connectivity index (χ3v) is 12.2. The second-order valence-corrected chi connectivity index (χ2v) is 18.4. The monoisotopic (exact) mass is 997 g/mol. The van der Waals surface area contributed by atoms with E-state index in [1.165, 1.54) is 16.3 Å². The molecule has 0 aliphatic rings. The zero-order valence-corrected chi connectivity index (χ0v) is 38.6. The number of hydrogen-bond acceptors (Lipinski definition) is 3. The second kappa shape index (κ2) is 16.3. The van der Waals surface area contributed by atoms with Crippen LogP contribution in [0.3, 0.4) is 0 Å². The molecule has 0 spiro atoms. The van der Waals surface area contributed by atoms with Crippen LogP contribution < -0.4 is 0 Å². The van der Waals surface area contributed by atoms with Crippen molar-refractivity contribution in [1.29, 1.82) is 0 Å². The van der Waals surface area contributed by atoms with Crippen LogP contribution in [0.15, 0.2) is 176 Å². The number of rotatable bonds is 6. The SMILES string of the molecule is CC(C)(C)c1ccc(-n2c(-c3cc(C(C)(C)C)ccc3O)nc3c(-c4[c-]c(-c5ccc(-c6ccccc6)c6cccnc56)ccc4)cc(-c4ccc5ccccc5c4)cc32)cc1.[Pt]. The average molecular weight is 998 g/mol. The average Bonchev–Trinajstić information content (AvgIpc) is 3.67. The quantitative estimate of drug-likeness (QED) is 0.169. The summed E-state index contributed by atoms with van der Waals surface area (Å²) in [5.41, 5.74) is 14.8. The van der Waals surface area contributed by atoms with Gasteiger partial charge >= 0.3 is 0 Å². The summed E-state index contributed by atoms with van der Waals surface area (Å²) in [6.07, 6.45) is 1.87. The maximum atomic E-state index is 11.7. The van der Waals surface area contributed by atoms with Gasteiger partial charge in [-0.05, 0) is 97.4 Å². The summed E-state index contributed by atoms with van der Waals surface area (Å²) in [7, 11) is 0. The minimum absolute atomic E-state index is 0. The van der Waals surface area contributed by atoms with E-state index in [2.05, 4.69) is 198 Å². The van der Waals surface area contributed by atoms with Crippen LogP contribution in [0.4, 0.5) is 0 Å². The zero-order chi connectivity index (χ0) is 42.8. The van der Waals surface area contributed by atoms with Gasteiger partial charge in [0.1, 0.15) is 11.6 Å². The Balaban J connectivity index is 0.00000504. The van der Waals surface area contributed by atoms with E-state index in [9.17, 15) is 5.11 Å². The number of benzene rings is 8. The van der Waals surface area contributed by atoms with Gasteiger partial charge in [-0.2, -0.15) is 0 Å². The summed E-state index contributed by atoms with van der Waals surface area (Å²) < 4.78 is 2.22. The zero-order valence-electron chi connectivity index (χ0n) is 36.3. The van der Waals surface area contributed by atoms with Crippen molar-refractivity contribution in [3.05, 3.63) is 193 Å². The van der Waals surface area contributed by atoms with E-state index in [1.807, 2.05) is 30.5 Å². The fourth-order valence-electron chi connectivity index (χ4n) is 8.69. The molecule has 0 amide bonds. The predicted molar refractivity (Wildman–Crippen MR) is 259 cm³/mol. The van der Waals surface area contributed by atoms with E-state index in [0.29, 0.717) is 11.4 Å². The van der Waals surface area contributed by atoms with Gasteiger partial charge in [-0.15, -0.1) is 35.4 Å². The fraction of sp³-hybridized carbons (Fsp3) is 0.138. The summed E-state index contributed by atoms with van der Waals surface area (Å²) in [4.78, 5) is 10.5. The molecule has 2 heterocycles. The van der Waals surface area contributed by atoms with Gasteiger partial charge in [0.25, 0.3) is 0 Å². The normalized spacial score (nSPS) is 11.9. The minimum Gasteiger partial charge on any atom is -0.507 e. The number of aromatic hydroxyl groups is 1. The minimum atomic E-state index is -0.143. The number of aromatic nitrogens is 3. The number of pyridine rings is 1. The molecule has 2 aromatic heterocycles. The molecule has 10 rings (SSSR count). The summed E-state index contributed by atoms with van der Waals surface area (Å²) in [6, 6.07) is 63.6. The number of nitrogens with zero attached hydrogens (tertiary/aromatic N) is 3. The third-order valence-electron chi connectivity index (χ3n) is 12.2. The first kappa shape index (κ1) is 41.7. The molecule has 0 bridgehead atoms. The topological polar surface area (TPSA) is 50.9 Å². The van der Waals surface area contributed by atoms with E-state index in [4.69, 9.17) is 9.97 Å². The molecular formula is C58H48N3OPt-. The van der Waals surface area contributed by atoms with E-state index in [0.717, 1.165) is 77.7 Å². The Morgan fingerprint density at radius 2 is 1.17 bits per heavy atom. The van der Waals surface area contributed by atoms with Gasteiger partial charge < -0.3 is 5.11 Å². The van der Waals surface area contributed by atoms with Gasteiger partial charge in [0, 0.05) is 43.9 Å². The summed E-state index contributed by atoms with van der Waals surface area (Å²) >= 11 is 0. The molecule has 4 nitrogen and oxygen atoms in total. The van der Waals surface area contributed by atoms with E-state index in [1.54, 1.807) is 0 Å². The first-order valence-electron chi connectivity index (χ1n) is 21.4. The molecule has 1 N–H and O–H groups in total.